The lowest BCUT2D eigenvalue weighted by molar-refractivity contribution is 0.0697. The molecule has 0 saturated heterocycles. The molecule has 0 aliphatic carbocycles. The maximum absolute atomic E-state index is 10.4. The zero-order chi connectivity index (χ0) is 8.27. The number of rotatable bonds is 2. The van der Waals surface area contributed by atoms with E-state index in [2.05, 4.69) is 12.4 Å². The van der Waals surface area contributed by atoms with Crippen molar-refractivity contribution >= 4 is 11.7 Å². The number of benzene rings is 1. The van der Waals surface area contributed by atoms with Gasteiger partial charge >= 0.3 is 5.97 Å². The Bertz CT molecular complexity index is 253. The molecule has 2 N–H and O–H groups in total. The minimum absolute atomic E-state index is 0.281. The first-order valence-corrected chi connectivity index (χ1v) is 3.10. The van der Waals surface area contributed by atoms with E-state index in [0.29, 0.717) is 0 Å². The molecule has 0 spiro atoms. The van der Waals surface area contributed by atoms with E-state index in [1.165, 1.54) is 12.1 Å². The molecule has 3 heteroatoms. The smallest absolute Gasteiger partial charge is 0.335 e. The third-order valence-corrected chi connectivity index (χ3v) is 1.34. The first-order valence-electron chi connectivity index (χ1n) is 3.10. The maximum atomic E-state index is 10.4. The van der Waals surface area contributed by atoms with Crippen LogP contribution in [0.15, 0.2) is 24.3 Å². The molecular formula is C8H8NO2. The summed E-state index contributed by atoms with van der Waals surface area (Å²) >= 11 is 0. The number of carbonyl (C=O) groups is 1. The predicted molar refractivity (Wildman–Crippen MR) is 42.4 cm³/mol. The molecule has 3 nitrogen and oxygen atoms in total. The first-order chi connectivity index (χ1) is 5.24. The van der Waals surface area contributed by atoms with Crippen molar-refractivity contribution in [2.75, 3.05) is 5.32 Å². The van der Waals surface area contributed by atoms with Crippen molar-refractivity contribution in [2.45, 2.75) is 0 Å². The minimum atomic E-state index is -0.916. The fourth-order valence-corrected chi connectivity index (χ4v) is 0.731. The van der Waals surface area contributed by atoms with Gasteiger partial charge in [-0.3, -0.25) is 0 Å². The van der Waals surface area contributed by atoms with Gasteiger partial charge in [-0.1, -0.05) is 0 Å². The lowest BCUT2D eigenvalue weighted by atomic mass is 10.2. The summed E-state index contributed by atoms with van der Waals surface area (Å²) in [6.45, 7) is 0. The van der Waals surface area contributed by atoms with Crippen LogP contribution in [0.1, 0.15) is 10.4 Å². The number of aromatic carboxylic acids is 1. The summed E-state index contributed by atoms with van der Waals surface area (Å²) in [6, 6.07) is 6.37. The summed E-state index contributed by atoms with van der Waals surface area (Å²) in [7, 11) is 3.43. The van der Waals surface area contributed by atoms with Gasteiger partial charge in [0.2, 0.25) is 0 Å². The van der Waals surface area contributed by atoms with E-state index in [9.17, 15) is 4.79 Å². The Balaban J connectivity index is 2.91. The largest absolute Gasteiger partial charge is 0.478 e. The molecule has 0 heterocycles. The van der Waals surface area contributed by atoms with Crippen LogP contribution >= 0.6 is 0 Å². The van der Waals surface area contributed by atoms with Crippen molar-refractivity contribution in [3.63, 3.8) is 0 Å². The molecule has 1 rings (SSSR count). The average Bonchev–Trinajstić information content (AvgIpc) is 2.05. The van der Waals surface area contributed by atoms with Crippen LogP contribution in [-0.2, 0) is 0 Å². The standard InChI is InChI=1S/C8H8NO2/c1-9-7-4-2-6(3-5-7)8(10)11/h2-5,9H,1H2,(H,10,11). The van der Waals surface area contributed by atoms with E-state index in [1.807, 2.05) is 0 Å². The maximum Gasteiger partial charge on any atom is 0.335 e. The Labute approximate surface area is 64.7 Å². The van der Waals surface area contributed by atoms with Gasteiger partial charge in [-0.05, 0) is 24.3 Å². The van der Waals surface area contributed by atoms with Gasteiger partial charge in [0.25, 0.3) is 0 Å². The van der Waals surface area contributed by atoms with Crippen molar-refractivity contribution < 1.29 is 9.90 Å². The fraction of sp³-hybridized carbons (Fsp3) is 0. The van der Waals surface area contributed by atoms with Gasteiger partial charge < -0.3 is 10.4 Å². The fourth-order valence-electron chi connectivity index (χ4n) is 0.731. The summed E-state index contributed by atoms with van der Waals surface area (Å²) in [5.74, 6) is -0.916. The number of carboxylic acids is 1. The summed E-state index contributed by atoms with van der Waals surface area (Å²) in [6.07, 6.45) is 0. The molecule has 0 bridgehead atoms. The van der Waals surface area contributed by atoms with Crippen LogP contribution in [0.4, 0.5) is 5.69 Å². The number of carboxylic acid groups (broad SMARTS) is 1. The summed E-state index contributed by atoms with van der Waals surface area (Å²) in [5, 5.41) is 11.2. The van der Waals surface area contributed by atoms with Crippen molar-refractivity contribution in [1.82, 2.24) is 0 Å². The normalized spacial score (nSPS) is 9.18. The average molecular weight is 150 g/mol. The van der Waals surface area contributed by atoms with E-state index >= 15 is 0 Å². The Morgan fingerprint density at radius 3 is 2.27 bits per heavy atom. The molecule has 1 aromatic rings. The Hall–Kier alpha value is -1.51. The molecular weight excluding hydrogens is 142 g/mol. The van der Waals surface area contributed by atoms with E-state index < -0.39 is 5.97 Å². The second kappa shape index (κ2) is 3.05. The van der Waals surface area contributed by atoms with E-state index in [0.717, 1.165) is 5.69 Å². The van der Waals surface area contributed by atoms with Crippen LogP contribution in [0.3, 0.4) is 0 Å². The molecule has 0 amide bonds. The van der Waals surface area contributed by atoms with Gasteiger partial charge in [-0.25, -0.2) is 4.79 Å². The molecule has 0 fully saturated rings. The van der Waals surface area contributed by atoms with E-state index in [4.69, 9.17) is 5.11 Å². The van der Waals surface area contributed by atoms with Gasteiger partial charge in [0, 0.05) is 12.7 Å². The topological polar surface area (TPSA) is 49.3 Å². The SMILES string of the molecule is [CH2]Nc1ccc(C(=O)O)cc1. The van der Waals surface area contributed by atoms with Crippen LogP contribution in [0.2, 0.25) is 0 Å². The Morgan fingerprint density at radius 2 is 1.91 bits per heavy atom. The monoisotopic (exact) mass is 150 g/mol. The molecule has 1 radical (unpaired) electrons. The summed E-state index contributed by atoms with van der Waals surface area (Å²) < 4.78 is 0. The highest BCUT2D eigenvalue weighted by Crippen LogP contribution is 2.08. The van der Waals surface area contributed by atoms with Crippen LogP contribution < -0.4 is 5.32 Å². The number of nitrogens with one attached hydrogen (secondary N) is 1. The highest BCUT2D eigenvalue weighted by Gasteiger charge is 1.99. The minimum Gasteiger partial charge on any atom is -0.478 e. The number of hydrogen-bond acceptors (Lipinski definition) is 2. The molecule has 0 aliphatic rings. The lowest BCUT2D eigenvalue weighted by Crippen LogP contribution is -1.95. The van der Waals surface area contributed by atoms with Gasteiger partial charge in [0.1, 0.15) is 0 Å². The van der Waals surface area contributed by atoms with Gasteiger partial charge in [-0.2, -0.15) is 0 Å². The van der Waals surface area contributed by atoms with E-state index in [1.54, 1.807) is 12.1 Å². The molecule has 0 aromatic heterocycles. The van der Waals surface area contributed by atoms with Crippen molar-refractivity contribution in [3.8, 4) is 0 Å². The quantitative estimate of drug-likeness (QED) is 0.673. The molecule has 0 atom stereocenters. The molecule has 57 valence electrons. The van der Waals surface area contributed by atoms with Crippen LogP contribution in [0.5, 0.6) is 0 Å². The van der Waals surface area contributed by atoms with Crippen LogP contribution in [0.25, 0.3) is 0 Å². The predicted octanol–water partition coefficient (Wildman–Crippen LogP) is 1.59. The second-order valence-corrected chi connectivity index (χ2v) is 2.06. The van der Waals surface area contributed by atoms with Crippen LogP contribution in [-0.4, -0.2) is 11.1 Å². The lowest BCUT2D eigenvalue weighted by Gasteiger charge is -1.98. The highest BCUT2D eigenvalue weighted by atomic mass is 16.4. The second-order valence-electron chi connectivity index (χ2n) is 2.06. The Morgan fingerprint density at radius 1 is 1.36 bits per heavy atom. The van der Waals surface area contributed by atoms with Gasteiger partial charge in [0.05, 0.1) is 5.56 Å². The van der Waals surface area contributed by atoms with Gasteiger partial charge in [0.15, 0.2) is 0 Å². The van der Waals surface area contributed by atoms with Crippen molar-refractivity contribution in [1.29, 1.82) is 0 Å². The zero-order valence-corrected chi connectivity index (χ0v) is 5.87. The molecule has 1 aromatic carbocycles. The summed E-state index contributed by atoms with van der Waals surface area (Å²) in [5.41, 5.74) is 1.08. The molecule has 0 unspecified atom stereocenters. The number of anilines is 1. The molecule has 11 heavy (non-hydrogen) atoms. The third kappa shape index (κ3) is 1.70. The first kappa shape index (κ1) is 7.60. The number of hydrogen-bond donors (Lipinski definition) is 2. The Kier molecular flexibility index (Phi) is 2.11. The van der Waals surface area contributed by atoms with Crippen LogP contribution in [0, 0.1) is 7.05 Å². The molecule has 0 saturated carbocycles. The zero-order valence-electron chi connectivity index (χ0n) is 5.87. The van der Waals surface area contributed by atoms with E-state index in [-0.39, 0.29) is 5.56 Å². The summed E-state index contributed by atoms with van der Waals surface area (Å²) in [4.78, 5) is 10.4. The highest BCUT2D eigenvalue weighted by molar-refractivity contribution is 5.87. The van der Waals surface area contributed by atoms with Gasteiger partial charge in [-0.15, -0.1) is 0 Å². The van der Waals surface area contributed by atoms with Crippen molar-refractivity contribution in [2.24, 2.45) is 0 Å². The van der Waals surface area contributed by atoms with Crippen molar-refractivity contribution in [3.05, 3.63) is 36.9 Å². The molecule has 0 aliphatic heterocycles. The third-order valence-electron chi connectivity index (χ3n) is 1.34.